The second-order valence-electron chi connectivity index (χ2n) is 3.32. The third-order valence-electron chi connectivity index (χ3n) is 2.07. The van der Waals surface area contributed by atoms with Crippen LogP contribution in [0.1, 0.15) is 24.9 Å². The Morgan fingerprint density at radius 3 is 2.94 bits per heavy atom. The monoisotopic (exact) mass is 287 g/mol. The van der Waals surface area contributed by atoms with Gasteiger partial charge in [0.2, 0.25) is 0 Å². The van der Waals surface area contributed by atoms with Gasteiger partial charge in [-0.3, -0.25) is 4.79 Å². The molecule has 1 rings (SSSR count). The summed E-state index contributed by atoms with van der Waals surface area (Å²) in [6.45, 7) is 2.08. The lowest BCUT2D eigenvalue weighted by Crippen LogP contribution is -2.17. The van der Waals surface area contributed by atoms with Gasteiger partial charge in [-0.2, -0.15) is 0 Å². The SMILES string of the molecule is CCOC(=O)C[C@H](N)c1cc(O)ccc1Br. The normalized spacial score (nSPS) is 12.2. The Balaban J connectivity index is 2.76. The number of phenols is 1. The molecule has 0 aliphatic rings. The Bertz CT molecular complexity index is 381. The summed E-state index contributed by atoms with van der Waals surface area (Å²) in [5.41, 5.74) is 6.54. The number of aromatic hydroxyl groups is 1. The minimum atomic E-state index is -0.486. The molecule has 5 heteroatoms. The molecule has 0 aromatic heterocycles. The summed E-state index contributed by atoms with van der Waals surface area (Å²) in [6, 6.07) is 4.29. The molecule has 3 N–H and O–H groups in total. The molecular formula is C11H14BrNO3. The lowest BCUT2D eigenvalue weighted by Gasteiger charge is -2.13. The average molecular weight is 288 g/mol. The summed E-state index contributed by atoms with van der Waals surface area (Å²) in [6.07, 6.45) is 0.0931. The number of rotatable bonds is 4. The first-order valence-electron chi connectivity index (χ1n) is 4.94. The predicted molar refractivity (Wildman–Crippen MR) is 64.0 cm³/mol. The Hall–Kier alpha value is -1.07. The fourth-order valence-corrected chi connectivity index (χ4v) is 1.87. The topological polar surface area (TPSA) is 72.5 Å². The van der Waals surface area contributed by atoms with E-state index in [-0.39, 0.29) is 18.1 Å². The Labute approximate surface area is 103 Å². The van der Waals surface area contributed by atoms with Gasteiger partial charge in [-0.05, 0) is 30.7 Å². The van der Waals surface area contributed by atoms with E-state index >= 15 is 0 Å². The van der Waals surface area contributed by atoms with Crippen molar-refractivity contribution in [1.29, 1.82) is 0 Å². The molecule has 0 amide bonds. The predicted octanol–water partition coefficient (Wildman–Crippen LogP) is 2.11. The number of hydrogen-bond donors (Lipinski definition) is 2. The number of carbonyl (C=O) groups excluding carboxylic acids is 1. The molecule has 0 unspecified atom stereocenters. The van der Waals surface area contributed by atoms with Crippen LogP contribution in [0.3, 0.4) is 0 Å². The van der Waals surface area contributed by atoms with E-state index in [2.05, 4.69) is 15.9 Å². The van der Waals surface area contributed by atoms with Crippen molar-refractivity contribution in [3.8, 4) is 5.75 Å². The average Bonchev–Trinajstić information content (AvgIpc) is 2.21. The molecule has 4 nitrogen and oxygen atoms in total. The van der Waals surface area contributed by atoms with E-state index < -0.39 is 6.04 Å². The summed E-state index contributed by atoms with van der Waals surface area (Å²) < 4.78 is 5.57. The van der Waals surface area contributed by atoms with E-state index in [1.54, 1.807) is 19.1 Å². The highest BCUT2D eigenvalue weighted by molar-refractivity contribution is 9.10. The van der Waals surface area contributed by atoms with Crippen LogP contribution in [-0.4, -0.2) is 17.7 Å². The quantitative estimate of drug-likeness (QED) is 0.832. The maximum Gasteiger partial charge on any atom is 0.307 e. The number of benzene rings is 1. The molecule has 0 saturated carbocycles. The van der Waals surface area contributed by atoms with E-state index in [1.807, 2.05) is 0 Å². The standard InChI is InChI=1S/C11H14BrNO3/c1-2-16-11(15)6-10(13)8-5-7(14)3-4-9(8)12/h3-5,10,14H,2,6,13H2,1H3/t10-/m0/s1. The van der Waals surface area contributed by atoms with Crippen molar-refractivity contribution in [1.82, 2.24) is 0 Å². The minimum Gasteiger partial charge on any atom is -0.508 e. The van der Waals surface area contributed by atoms with Gasteiger partial charge in [0.05, 0.1) is 13.0 Å². The third-order valence-corrected chi connectivity index (χ3v) is 2.79. The van der Waals surface area contributed by atoms with Gasteiger partial charge in [0, 0.05) is 10.5 Å². The fourth-order valence-electron chi connectivity index (χ4n) is 1.32. The number of carbonyl (C=O) groups is 1. The van der Waals surface area contributed by atoms with Crippen LogP contribution >= 0.6 is 15.9 Å². The van der Waals surface area contributed by atoms with Crippen molar-refractivity contribution in [2.75, 3.05) is 6.61 Å². The number of phenolic OH excluding ortho intramolecular Hbond substituents is 1. The van der Waals surface area contributed by atoms with E-state index in [4.69, 9.17) is 10.5 Å². The molecule has 0 fully saturated rings. The van der Waals surface area contributed by atoms with Crippen LogP contribution in [0.5, 0.6) is 5.75 Å². The fraction of sp³-hybridized carbons (Fsp3) is 0.364. The van der Waals surface area contributed by atoms with Crippen LogP contribution in [0.25, 0.3) is 0 Å². The number of nitrogens with two attached hydrogens (primary N) is 1. The molecule has 88 valence electrons. The van der Waals surface area contributed by atoms with E-state index in [0.717, 1.165) is 4.47 Å². The Morgan fingerprint density at radius 1 is 1.62 bits per heavy atom. The first kappa shape index (κ1) is 13.0. The van der Waals surface area contributed by atoms with E-state index in [0.29, 0.717) is 12.2 Å². The molecule has 1 atom stereocenters. The zero-order valence-electron chi connectivity index (χ0n) is 8.94. The molecule has 0 spiro atoms. The van der Waals surface area contributed by atoms with Crippen LogP contribution in [-0.2, 0) is 9.53 Å². The van der Waals surface area contributed by atoms with E-state index in [1.165, 1.54) is 6.07 Å². The van der Waals surface area contributed by atoms with Gasteiger partial charge in [-0.1, -0.05) is 15.9 Å². The van der Waals surface area contributed by atoms with Gasteiger partial charge in [0.1, 0.15) is 5.75 Å². The number of halogens is 1. The summed E-state index contributed by atoms with van der Waals surface area (Å²) in [5.74, 6) is -0.220. The highest BCUT2D eigenvalue weighted by Crippen LogP contribution is 2.27. The first-order chi connectivity index (χ1) is 7.54. The van der Waals surface area contributed by atoms with Crippen molar-refractivity contribution >= 4 is 21.9 Å². The summed E-state index contributed by atoms with van der Waals surface area (Å²) >= 11 is 3.32. The number of esters is 1. The molecule has 0 heterocycles. The number of ether oxygens (including phenoxy) is 1. The van der Waals surface area contributed by atoms with Crippen LogP contribution < -0.4 is 5.73 Å². The maximum atomic E-state index is 11.2. The molecule has 1 aromatic rings. The van der Waals surface area contributed by atoms with Gasteiger partial charge in [-0.15, -0.1) is 0 Å². The zero-order chi connectivity index (χ0) is 12.1. The second-order valence-corrected chi connectivity index (χ2v) is 4.18. The lowest BCUT2D eigenvalue weighted by molar-refractivity contribution is -0.143. The zero-order valence-corrected chi connectivity index (χ0v) is 10.5. The van der Waals surface area contributed by atoms with Crippen molar-refractivity contribution in [3.63, 3.8) is 0 Å². The first-order valence-corrected chi connectivity index (χ1v) is 5.73. The minimum absolute atomic E-state index is 0.0931. The highest BCUT2D eigenvalue weighted by Gasteiger charge is 2.15. The molecule has 0 bridgehead atoms. The van der Waals surface area contributed by atoms with Gasteiger partial charge in [-0.25, -0.2) is 0 Å². The van der Waals surface area contributed by atoms with Crippen LogP contribution in [0.15, 0.2) is 22.7 Å². The van der Waals surface area contributed by atoms with Crippen molar-refractivity contribution < 1.29 is 14.6 Å². The molecule has 0 saturated heterocycles. The Morgan fingerprint density at radius 2 is 2.31 bits per heavy atom. The van der Waals surface area contributed by atoms with E-state index in [9.17, 15) is 9.90 Å². The van der Waals surface area contributed by atoms with Crippen molar-refractivity contribution in [3.05, 3.63) is 28.2 Å². The second kappa shape index (κ2) is 5.86. The van der Waals surface area contributed by atoms with Gasteiger partial charge < -0.3 is 15.6 Å². The summed E-state index contributed by atoms with van der Waals surface area (Å²) in [7, 11) is 0. The summed E-state index contributed by atoms with van der Waals surface area (Å²) in [5, 5.41) is 9.33. The number of hydrogen-bond acceptors (Lipinski definition) is 4. The smallest absolute Gasteiger partial charge is 0.307 e. The maximum absolute atomic E-state index is 11.2. The van der Waals surface area contributed by atoms with Crippen molar-refractivity contribution in [2.45, 2.75) is 19.4 Å². The molecule has 16 heavy (non-hydrogen) atoms. The van der Waals surface area contributed by atoms with Crippen LogP contribution in [0, 0.1) is 0 Å². The summed E-state index contributed by atoms with van der Waals surface area (Å²) in [4.78, 5) is 11.2. The van der Waals surface area contributed by atoms with Gasteiger partial charge in [0.25, 0.3) is 0 Å². The van der Waals surface area contributed by atoms with Crippen molar-refractivity contribution in [2.24, 2.45) is 5.73 Å². The highest BCUT2D eigenvalue weighted by atomic mass is 79.9. The van der Waals surface area contributed by atoms with Gasteiger partial charge in [0.15, 0.2) is 0 Å². The van der Waals surface area contributed by atoms with Gasteiger partial charge >= 0.3 is 5.97 Å². The third kappa shape index (κ3) is 3.50. The Kier molecular flexibility index (Phi) is 4.76. The molecule has 0 aliphatic heterocycles. The molecule has 1 aromatic carbocycles. The molecule has 0 radical (unpaired) electrons. The van der Waals surface area contributed by atoms with Crippen LogP contribution in [0.2, 0.25) is 0 Å². The molecule has 0 aliphatic carbocycles. The molecular weight excluding hydrogens is 274 g/mol. The van der Waals surface area contributed by atoms with Crippen LogP contribution in [0.4, 0.5) is 0 Å². The lowest BCUT2D eigenvalue weighted by atomic mass is 10.0. The largest absolute Gasteiger partial charge is 0.508 e.